The molecule has 14 nitrogen and oxygen atoms in total. The number of Topliss-reactive ketones (excluding diaryl/α,β-unsaturated/α-hetero) is 3. The lowest BCUT2D eigenvalue weighted by Gasteiger charge is -2.41. The molecule has 320 valence electrons. The first kappa shape index (κ1) is 56.5. The van der Waals surface area contributed by atoms with Gasteiger partial charge in [0.05, 0.1) is 33.4 Å². The second-order valence-electron chi connectivity index (χ2n) is 12.5. The molecule has 0 aromatic carbocycles. The lowest BCUT2D eigenvalue weighted by Crippen LogP contribution is -2.60. The highest BCUT2D eigenvalue weighted by Crippen LogP contribution is 2.34. The fraction of sp³-hybridized carbons (Fsp3) is 0.846. The van der Waals surface area contributed by atoms with E-state index in [9.17, 15) is 28.8 Å². The third kappa shape index (κ3) is 24.6. The van der Waals surface area contributed by atoms with Gasteiger partial charge in [-0.1, -0.05) is 90.0 Å². The molecule has 1 fully saturated rings. The molecule has 3 amide bonds. The van der Waals surface area contributed by atoms with E-state index >= 15 is 0 Å². The lowest BCUT2D eigenvalue weighted by atomic mass is 9.71. The molecule has 0 saturated heterocycles. The van der Waals surface area contributed by atoms with Crippen molar-refractivity contribution < 1.29 is 47.3 Å². The van der Waals surface area contributed by atoms with Gasteiger partial charge in [0.25, 0.3) is 0 Å². The number of hydrogen-bond donors (Lipinski definition) is 3. The van der Waals surface area contributed by atoms with Crippen LogP contribution in [0.4, 0.5) is 14.4 Å². The first-order chi connectivity index (χ1) is 25.1. The van der Waals surface area contributed by atoms with Gasteiger partial charge in [0.1, 0.15) is 5.54 Å². The molecular weight excluding hydrogens is 682 g/mol. The van der Waals surface area contributed by atoms with Crippen LogP contribution in [0.25, 0.3) is 0 Å². The summed E-state index contributed by atoms with van der Waals surface area (Å²) >= 11 is 0. The van der Waals surface area contributed by atoms with Crippen LogP contribution < -0.4 is 16.0 Å². The van der Waals surface area contributed by atoms with Crippen LogP contribution >= 0.6 is 0 Å². The van der Waals surface area contributed by atoms with Crippen molar-refractivity contribution in [3.05, 3.63) is 0 Å². The highest BCUT2D eigenvalue weighted by atomic mass is 16.5. The normalized spacial score (nSPS) is 13.4. The molecule has 14 heteroatoms. The summed E-state index contributed by atoms with van der Waals surface area (Å²) in [4.78, 5) is 73.3. The number of carbonyl (C=O) groups excluding carboxylic acids is 6. The Morgan fingerprint density at radius 1 is 0.623 bits per heavy atom. The number of ether oxygens (including phenoxy) is 3. The quantitative estimate of drug-likeness (QED) is 0.112. The maximum atomic E-state index is 12.0. The molecule has 53 heavy (non-hydrogen) atoms. The Hall–Kier alpha value is -3.26. The van der Waals surface area contributed by atoms with E-state index in [0.717, 1.165) is 58.5 Å². The van der Waals surface area contributed by atoms with Crippen LogP contribution in [0.1, 0.15) is 133 Å². The van der Waals surface area contributed by atoms with Crippen LogP contribution in [0.5, 0.6) is 0 Å². The van der Waals surface area contributed by atoms with Crippen molar-refractivity contribution in [2.24, 2.45) is 11.8 Å². The molecular formula is C39H85N5O9. The van der Waals surface area contributed by atoms with Crippen LogP contribution in [-0.2, 0) is 28.6 Å². The van der Waals surface area contributed by atoms with Crippen molar-refractivity contribution >= 4 is 35.6 Å². The zero-order valence-corrected chi connectivity index (χ0v) is 36.4. The minimum atomic E-state index is -0.638. The molecule has 1 saturated carbocycles. The number of nitrogens with zero attached hydrogens (tertiary/aromatic N) is 2. The Morgan fingerprint density at radius 3 is 1.28 bits per heavy atom. The van der Waals surface area contributed by atoms with Gasteiger partial charge in [0.2, 0.25) is 0 Å². The molecule has 0 spiro atoms. The fourth-order valence-corrected chi connectivity index (χ4v) is 5.12. The van der Waals surface area contributed by atoms with Crippen LogP contribution in [0.3, 0.4) is 0 Å². The predicted molar refractivity (Wildman–Crippen MR) is 220 cm³/mol. The SMILES string of the molecule is CC.CC.CCC(=O)[C@H](CCN(CC)CC)NC(=O)OC.CCN(CC)CC[C@@H](NC(=O)OC)C(=O)C(C)C.COC(=O)NC1(C(=O)C(C)C)CCC1.[HH].[HH].[HH]. The second kappa shape index (κ2) is 34.5. The number of amides is 3. The number of alkyl carbamates (subject to hydrolysis) is 3. The van der Waals surface area contributed by atoms with Crippen molar-refractivity contribution in [1.29, 1.82) is 0 Å². The lowest BCUT2D eigenvalue weighted by molar-refractivity contribution is -0.131. The topological polar surface area (TPSA) is 173 Å². The summed E-state index contributed by atoms with van der Waals surface area (Å²) < 4.78 is 13.6. The standard InChI is InChI=1S/C13H26N2O3.C12H24N2O3.C10H17NO3.2C2H6.3H2/c1-6-15(7-2)9-8-11(12(16)10(3)4)14-13(17)18-5;1-5-11(15)10(13-12(16)17-4)8-9-14(6-2)7-3;1-7(2)8(12)10(5-4-6-10)11-9(13)14-3;2*1-2;;;/h10-11H,6-9H2,1-5H3,(H,14,17);10H,5-9H2,1-4H3,(H,13,16);7H,4-6H2,1-3H3,(H,11,13);2*1-2H3;3*1H/t11-;10-;;;;;;/m10....../s1. The van der Waals surface area contributed by atoms with Crippen LogP contribution in [0.2, 0.25) is 0 Å². The summed E-state index contributed by atoms with van der Waals surface area (Å²) in [7, 11) is 3.91. The highest BCUT2D eigenvalue weighted by molar-refractivity contribution is 5.93. The predicted octanol–water partition coefficient (Wildman–Crippen LogP) is 7.37. The summed E-state index contributed by atoms with van der Waals surface area (Å²) in [5, 5.41) is 7.85. The van der Waals surface area contributed by atoms with E-state index in [-0.39, 0.29) is 33.5 Å². The fourth-order valence-electron chi connectivity index (χ4n) is 5.12. The maximum Gasteiger partial charge on any atom is 0.407 e. The Labute approximate surface area is 327 Å². The molecule has 1 aliphatic rings. The van der Waals surface area contributed by atoms with Gasteiger partial charge in [-0.25, -0.2) is 14.4 Å². The average Bonchev–Trinajstić information content (AvgIpc) is 3.16. The highest BCUT2D eigenvalue weighted by Gasteiger charge is 2.46. The van der Waals surface area contributed by atoms with E-state index in [1.165, 1.54) is 21.3 Å². The summed E-state index contributed by atoms with van der Waals surface area (Å²) in [5.74, 6) is 0.0561. The monoisotopic (exact) mass is 768 g/mol. The number of methoxy groups -OCH3 is 3. The third-order valence-electron chi connectivity index (χ3n) is 8.59. The second-order valence-corrected chi connectivity index (χ2v) is 12.5. The molecule has 0 heterocycles. The van der Waals surface area contributed by atoms with Gasteiger partial charge in [-0.15, -0.1) is 0 Å². The molecule has 1 aliphatic carbocycles. The van der Waals surface area contributed by atoms with Crippen molar-refractivity contribution in [1.82, 2.24) is 25.8 Å². The minimum absolute atomic E-state index is 0. The largest absolute Gasteiger partial charge is 0.453 e. The molecule has 0 aliphatic heterocycles. The Morgan fingerprint density at radius 2 is 1.00 bits per heavy atom. The van der Waals surface area contributed by atoms with Crippen LogP contribution in [0.15, 0.2) is 0 Å². The van der Waals surface area contributed by atoms with Gasteiger partial charge in [0, 0.05) is 35.6 Å². The molecule has 0 bridgehead atoms. The summed E-state index contributed by atoms with van der Waals surface area (Å²) in [5.41, 5.74) is -0.638. The maximum absolute atomic E-state index is 12.0. The smallest absolute Gasteiger partial charge is 0.407 e. The minimum Gasteiger partial charge on any atom is -0.453 e. The number of hydrogen-bond acceptors (Lipinski definition) is 11. The summed E-state index contributed by atoms with van der Waals surface area (Å²) in [6.45, 7) is 30.9. The van der Waals surface area contributed by atoms with E-state index in [0.29, 0.717) is 19.3 Å². The van der Waals surface area contributed by atoms with Gasteiger partial charge >= 0.3 is 18.3 Å². The zero-order valence-electron chi connectivity index (χ0n) is 36.4. The van der Waals surface area contributed by atoms with Gasteiger partial charge in [-0.05, 0) is 58.3 Å². The number of carbonyl (C=O) groups is 6. The van der Waals surface area contributed by atoms with Gasteiger partial charge in [-0.3, -0.25) is 14.4 Å². The molecule has 0 aromatic heterocycles. The van der Waals surface area contributed by atoms with Crippen LogP contribution in [0, 0.1) is 11.8 Å². The van der Waals surface area contributed by atoms with E-state index in [2.05, 4.69) is 67.7 Å². The van der Waals surface area contributed by atoms with E-state index < -0.39 is 35.9 Å². The Balaban J connectivity index is -0.000000120. The zero-order chi connectivity index (χ0) is 42.2. The summed E-state index contributed by atoms with van der Waals surface area (Å²) in [6, 6.07) is -0.897. The van der Waals surface area contributed by atoms with Crippen molar-refractivity contribution in [3.63, 3.8) is 0 Å². The van der Waals surface area contributed by atoms with Crippen molar-refractivity contribution in [2.45, 2.75) is 146 Å². The molecule has 1 rings (SSSR count). The number of rotatable bonds is 19. The van der Waals surface area contributed by atoms with Crippen LogP contribution in [-0.4, -0.2) is 124 Å². The van der Waals surface area contributed by atoms with Crippen molar-refractivity contribution in [3.8, 4) is 0 Å². The van der Waals surface area contributed by atoms with Crippen molar-refractivity contribution in [2.75, 3.05) is 60.6 Å². The van der Waals surface area contributed by atoms with E-state index in [1.807, 2.05) is 55.4 Å². The molecule has 2 atom stereocenters. The average molecular weight is 768 g/mol. The van der Waals surface area contributed by atoms with Gasteiger partial charge < -0.3 is 40.0 Å². The van der Waals surface area contributed by atoms with Gasteiger partial charge in [0.15, 0.2) is 17.3 Å². The van der Waals surface area contributed by atoms with E-state index in [1.54, 1.807) is 6.92 Å². The molecule has 0 radical (unpaired) electrons. The Kier molecular flexibility index (Phi) is 36.8. The van der Waals surface area contributed by atoms with E-state index in [4.69, 9.17) is 0 Å². The van der Waals surface area contributed by atoms with Gasteiger partial charge in [-0.2, -0.15) is 0 Å². The number of ketones is 3. The third-order valence-corrected chi connectivity index (χ3v) is 8.59. The first-order valence-corrected chi connectivity index (χ1v) is 19.7. The molecule has 3 N–H and O–H groups in total. The number of nitrogens with one attached hydrogen (secondary N) is 3. The first-order valence-electron chi connectivity index (χ1n) is 19.7. The summed E-state index contributed by atoms with van der Waals surface area (Å²) in [6.07, 6.45) is 2.52. The molecule has 0 unspecified atom stereocenters. The Bertz CT molecular complexity index is 1010. The molecule has 0 aromatic rings.